The van der Waals surface area contributed by atoms with Crippen LogP contribution in [0, 0.1) is 0 Å². The van der Waals surface area contributed by atoms with E-state index in [0.29, 0.717) is 25.8 Å². The van der Waals surface area contributed by atoms with Gasteiger partial charge in [0, 0.05) is 32.0 Å². The molecule has 19 heavy (non-hydrogen) atoms. The molecule has 0 aliphatic carbocycles. The number of nitrogens with one attached hydrogen (secondary N) is 2. The summed E-state index contributed by atoms with van der Waals surface area (Å²) in [6.45, 7) is 6.63. The Morgan fingerprint density at radius 3 is 2.58 bits per heavy atom. The first kappa shape index (κ1) is 15.6. The number of hydrogen-bond donors (Lipinski definition) is 2. The molecule has 1 aliphatic heterocycles. The van der Waals surface area contributed by atoms with Gasteiger partial charge in [-0.2, -0.15) is 0 Å². The summed E-state index contributed by atoms with van der Waals surface area (Å²) in [4.78, 5) is 35.9. The molecular weight excluding hydrogens is 246 g/mol. The van der Waals surface area contributed by atoms with Gasteiger partial charge >= 0.3 is 0 Å². The number of nitrogens with zero attached hydrogens (tertiary/aromatic N) is 1. The second-order valence-electron chi connectivity index (χ2n) is 5.88. The van der Waals surface area contributed by atoms with E-state index in [4.69, 9.17) is 0 Å². The van der Waals surface area contributed by atoms with Crippen molar-refractivity contribution in [1.29, 1.82) is 0 Å². The van der Waals surface area contributed by atoms with Gasteiger partial charge in [-0.15, -0.1) is 0 Å². The molecular formula is C13H23N3O3. The lowest BCUT2D eigenvalue weighted by Gasteiger charge is -2.28. The Morgan fingerprint density at radius 1 is 1.37 bits per heavy atom. The first-order valence-electron chi connectivity index (χ1n) is 6.55. The van der Waals surface area contributed by atoms with E-state index in [1.165, 1.54) is 7.05 Å². The van der Waals surface area contributed by atoms with Gasteiger partial charge in [0.1, 0.15) is 6.04 Å². The Balaban J connectivity index is 2.36. The molecule has 0 aromatic carbocycles. The number of amides is 3. The summed E-state index contributed by atoms with van der Waals surface area (Å²) in [5.74, 6) is -0.684. The standard InChI is InChI=1S/C13H23N3O3/c1-13(2,3)14-8-7-10(17)15-9-5-6-11(18)16(4)12(9)19/h9,14H,5-8H2,1-4H3,(H,15,17). The molecule has 6 heteroatoms. The first-order chi connectivity index (χ1) is 8.70. The molecule has 1 saturated heterocycles. The van der Waals surface area contributed by atoms with Crippen LogP contribution in [0.25, 0.3) is 0 Å². The molecule has 0 bridgehead atoms. The van der Waals surface area contributed by atoms with E-state index in [1.807, 2.05) is 20.8 Å². The fraction of sp³-hybridized carbons (Fsp3) is 0.769. The zero-order valence-electron chi connectivity index (χ0n) is 12.1. The normalized spacial score (nSPS) is 20.6. The molecule has 0 radical (unpaired) electrons. The van der Waals surface area contributed by atoms with E-state index in [1.54, 1.807) is 0 Å². The topological polar surface area (TPSA) is 78.5 Å². The fourth-order valence-corrected chi connectivity index (χ4v) is 1.87. The molecule has 3 amide bonds. The summed E-state index contributed by atoms with van der Waals surface area (Å²) in [5, 5.41) is 5.89. The summed E-state index contributed by atoms with van der Waals surface area (Å²) in [6, 6.07) is -0.565. The van der Waals surface area contributed by atoms with Gasteiger partial charge in [-0.25, -0.2) is 0 Å². The Labute approximate surface area is 113 Å². The van der Waals surface area contributed by atoms with Gasteiger partial charge in [0.25, 0.3) is 5.91 Å². The van der Waals surface area contributed by atoms with Crippen LogP contribution in [0.3, 0.4) is 0 Å². The number of likely N-dealkylation sites (tertiary alicyclic amines) is 1. The molecule has 0 saturated carbocycles. The third kappa shape index (κ3) is 4.98. The van der Waals surface area contributed by atoms with E-state index in [0.717, 1.165) is 4.90 Å². The molecule has 1 rings (SSSR count). The van der Waals surface area contributed by atoms with Crippen molar-refractivity contribution in [2.75, 3.05) is 13.6 Å². The van der Waals surface area contributed by atoms with Crippen molar-refractivity contribution in [2.45, 2.75) is 51.6 Å². The second kappa shape index (κ2) is 6.14. The van der Waals surface area contributed by atoms with Crippen LogP contribution in [0.1, 0.15) is 40.0 Å². The Kier molecular flexibility index (Phi) is 5.05. The minimum atomic E-state index is -0.565. The Hall–Kier alpha value is -1.43. The van der Waals surface area contributed by atoms with Gasteiger partial charge in [0.2, 0.25) is 11.8 Å². The molecule has 1 unspecified atom stereocenters. The summed E-state index contributed by atoms with van der Waals surface area (Å²) in [6.07, 6.45) is 1.01. The highest BCUT2D eigenvalue weighted by molar-refractivity contribution is 6.01. The average molecular weight is 269 g/mol. The summed E-state index contributed by atoms with van der Waals surface area (Å²) in [5.41, 5.74) is -0.0342. The van der Waals surface area contributed by atoms with E-state index < -0.39 is 6.04 Å². The highest BCUT2D eigenvalue weighted by atomic mass is 16.2. The molecule has 1 fully saturated rings. The van der Waals surface area contributed by atoms with Crippen LogP contribution in [-0.2, 0) is 14.4 Å². The number of hydrogen-bond acceptors (Lipinski definition) is 4. The van der Waals surface area contributed by atoms with Crippen LogP contribution < -0.4 is 10.6 Å². The van der Waals surface area contributed by atoms with Crippen LogP contribution in [-0.4, -0.2) is 47.8 Å². The summed E-state index contributed by atoms with van der Waals surface area (Å²) < 4.78 is 0. The maximum atomic E-state index is 11.8. The SMILES string of the molecule is CN1C(=O)CCC(NC(=O)CCNC(C)(C)C)C1=O. The monoisotopic (exact) mass is 269 g/mol. The van der Waals surface area contributed by atoms with Gasteiger partial charge in [-0.05, 0) is 27.2 Å². The third-order valence-electron chi connectivity index (χ3n) is 2.99. The van der Waals surface area contributed by atoms with Crippen molar-refractivity contribution >= 4 is 17.7 Å². The van der Waals surface area contributed by atoms with Gasteiger partial charge in [0.05, 0.1) is 0 Å². The molecule has 0 spiro atoms. The molecule has 108 valence electrons. The molecule has 0 aromatic rings. The van der Waals surface area contributed by atoms with E-state index in [2.05, 4.69) is 10.6 Å². The van der Waals surface area contributed by atoms with Crippen molar-refractivity contribution < 1.29 is 14.4 Å². The number of carbonyl (C=O) groups excluding carboxylic acids is 3. The van der Waals surface area contributed by atoms with Crippen LogP contribution in [0.4, 0.5) is 0 Å². The van der Waals surface area contributed by atoms with Crippen LogP contribution in [0.15, 0.2) is 0 Å². The lowest BCUT2D eigenvalue weighted by molar-refractivity contribution is -0.149. The van der Waals surface area contributed by atoms with E-state index in [9.17, 15) is 14.4 Å². The smallest absolute Gasteiger partial charge is 0.251 e. The number of likely N-dealkylation sites (N-methyl/N-ethyl adjacent to an activating group) is 1. The Bertz CT molecular complexity index is 374. The minimum Gasteiger partial charge on any atom is -0.344 e. The van der Waals surface area contributed by atoms with Gasteiger partial charge in [0.15, 0.2) is 0 Å². The van der Waals surface area contributed by atoms with Crippen LogP contribution in [0.5, 0.6) is 0 Å². The number of imide groups is 1. The lowest BCUT2D eigenvalue weighted by Crippen LogP contribution is -2.53. The zero-order chi connectivity index (χ0) is 14.6. The van der Waals surface area contributed by atoms with E-state index >= 15 is 0 Å². The van der Waals surface area contributed by atoms with Crippen LogP contribution in [0.2, 0.25) is 0 Å². The maximum Gasteiger partial charge on any atom is 0.251 e. The van der Waals surface area contributed by atoms with Crippen molar-refractivity contribution in [2.24, 2.45) is 0 Å². The molecule has 2 N–H and O–H groups in total. The number of piperidine rings is 1. The lowest BCUT2D eigenvalue weighted by atomic mass is 10.0. The largest absolute Gasteiger partial charge is 0.344 e. The van der Waals surface area contributed by atoms with Crippen molar-refractivity contribution in [3.05, 3.63) is 0 Å². The average Bonchev–Trinajstić information content (AvgIpc) is 2.28. The molecule has 6 nitrogen and oxygen atoms in total. The highest BCUT2D eigenvalue weighted by Gasteiger charge is 2.32. The fourth-order valence-electron chi connectivity index (χ4n) is 1.87. The zero-order valence-corrected chi connectivity index (χ0v) is 12.1. The first-order valence-corrected chi connectivity index (χ1v) is 6.55. The summed E-state index contributed by atoms with van der Waals surface area (Å²) in [7, 11) is 1.45. The maximum absolute atomic E-state index is 11.8. The van der Waals surface area contributed by atoms with Crippen molar-refractivity contribution in [3.8, 4) is 0 Å². The Morgan fingerprint density at radius 2 is 2.00 bits per heavy atom. The van der Waals surface area contributed by atoms with Gasteiger partial charge < -0.3 is 10.6 Å². The predicted octanol–water partition coefficient (Wildman–Crippen LogP) is 0.0282. The number of rotatable bonds is 4. The molecule has 1 heterocycles. The third-order valence-corrected chi connectivity index (χ3v) is 2.99. The quantitative estimate of drug-likeness (QED) is 0.706. The molecule has 1 atom stereocenters. The highest BCUT2D eigenvalue weighted by Crippen LogP contribution is 2.11. The second-order valence-corrected chi connectivity index (χ2v) is 5.88. The minimum absolute atomic E-state index is 0.0342. The number of carbonyl (C=O) groups is 3. The van der Waals surface area contributed by atoms with Crippen LogP contribution >= 0.6 is 0 Å². The van der Waals surface area contributed by atoms with E-state index in [-0.39, 0.29) is 23.3 Å². The van der Waals surface area contributed by atoms with Gasteiger partial charge in [-0.1, -0.05) is 0 Å². The van der Waals surface area contributed by atoms with Crippen molar-refractivity contribution in [3.63, 3.8) is 0 Å². The summed E-state index contributed by atoms with van der Waals surface area (Å²) >= 11 is 0. The van der Waals surface area contributed by atoms with Gasteiger partial charge in [-0.3, -0.25) is 19.3 Å². The molecule has 1 aliphatic rings. The molecule has 0 aromatic heterocycles. The predicted molar refractivity (Wildman–Crippen MR) is 71.3 cm³/mol. The van der Waals surface area contributed by atoms with Crippen molar-refractivity contribution in [1.82, 2.24) is 15.5 Å².